The summed E-state index contributed by atoms with van der Waals surface area (Å²) in [5, 5.41) is 2.83. The molecular weight excluding hydrogens is 422 g/mol. The van der Waals surface area contributed by atoms with Crippen molar-refractivity contribution in [1.82, 2.24) is 15.2 Å². The first-order chi connectivity index (χ1) is 16.0. The van der Waals surface area contributed by atoms with Crippen molar-refractivity contribution in [1.29, 1.82) is 0 Å². The summed E-state index contributed by atoms with van der Waals surface area (Å²) in [6.07, 6.45) is 2.18. The average Bonchev–Trinajstić information content (AvgIpc) is 3.26. The number of benzene rings is 1. The van der Waals surface area contributed by atoms with Crippen molar-refractivity contribution in [2.45, 2.75) is 12.8 Å². The topological polar surface area (TPSA) is 95.1 Å². The second-order valence-electron chi connectivity index (χ2n) is 8.20. The molecule has 2 aromatic rings. The highest BCUT2D eigenvalue weighted by Crippen LogP contribution is 2.27. The van der Waals surface area contributed by atoms with Crippen molar-refractivity contribution >= 4 is 29.2 Å². The number of amides is 3. The van der Waals surface area contributed by atoms with Gasteiger partial charge in [0.15, 0.2) is 0 Å². The van der Waals surface area contributed by atoms with Gasteiger partial charge in [-0.3, -0.25) is 14.4 Å². The maximum Gasteiger partial charge on any atom is 0.227 e. The fourth-order valence-corrected chi connectivity index (χ4v) is 4.22. The van der Waals surface area contributed by atoms with E-state index in [0.29, 0.717) is 25.4 Å². The van der Waals surface area contributed by atoms with Gasteiger partial charge < -0.3 is 24.8 Å². The fourth-order valence-electron chi connectivity index (χ4n) is 4.22. The van der Waals surface area contributed by atoms with Gasteiger partial charge in [-0.25, -0.2) is 4.98 Å². The summed E-state index contributed by atoms with van der Waals surface area (Å²) in [5.74, 6) is 0.971. The van der Waals surface area contributed by atoms with Gasteiger partial charge in [-0.2, -0.15) is 0 Å². The van der Waals surface area contributed by atoms with E-state index in [1.807, 2.05) is 35.2 Å². The monoisotopic (exact) mass is 451 g/mol. The van der Waals surface area contributed by atoms with Crippen molar-refractivity contribution < 1.29 is 19.1 Å². The third-order valence-electron chi connectivity index (χ3n) is 6.12. The number of pyridine rings is 1. The van der Waals surface area contributed by atoms with Gasteiger partial charge >= 0.3 is 0 Å². The molecule has 0 saturated carbocycles. The van der Waals surface area contributed by atoms with E-state index in [4.69, 9.17) is 4.74 Å². The first kappa shape index (κ1) is 22.6. The van der Waals surface area contributed by atoms with Crippen LogP contribution in [-0.4, -0.2) is 74.0 Å². The number of anilines is 2. The third kappa shape index (κ3) is 5.42. The molecule has 2 saturated heterocycles. The van der Waals surface area contributed by atoms with Crippen molar-refractivity contribution in [3.05, 3.63) is 48.7 Å². The largest absolute Gasteiger partial charge is 0.497 e. The number of piperazine rings is 1. The summed E-state index contributed by atoms with van der Waals surface area (Å²) in [5.41, 5.74) is 0.746. The van der Waals surface area contributed by atoms with Crippen LogP contribution >= 0.6 is 0 Å². The molecule has 1 unspecified atom stereocenters. The van der Waals surface area contributed by atoms with Crippen LogP contribution < -0.4 is 19.9 Å². The normalized spacial score (nSPS) is 18.4. The van der Waals surface area contributed by atoms with Crippen molar-refractivity contribution in [3.63, 3.8) is 0 Å². The molecule has 4 rings (SSSR count). The van der Waals surface area contributed by atoms with Gasteiger partial charge in [0.1, 0.15) is 11.6 Å². The lowest BCUT2D eigenvalue weighted by Crippen LogP contribution is -2.49. The smallest absolute Gasteiger partial charge is 0.227 e. The van der Waals surface area contributed by atoms with Crippen LogP contribution in [0.5, 0.6) is 5.75 Å². The number of hydrogen-bond donors (Lipinski definition) is 1. The Morgan fingerprint density at radius 1 is 1.09 bits per heavy atom. The number of rotatable bonds is 7. The van der Waals surface area contributed by atoms with Gasteiger partial charge in [0.05, 0.1) is 13.0 Å². The van der Waals surface area contributed by atoms with Crippen molar-refractivity contribution in [3.8, 4) is 5.75 Å². The zero-order valence-electron chi connectivity index (χ0n) is 18.8. The number of ether oxygens (including phenoxy) is 1. The summed E-state index contributed by atoms with van der Waals surface area (Å²) in [7, 11) is 1.59. The highest BCUT2D eigenvalue weighted by molar-refractivity contribution is 6.00. The Morgan fingerprint density at radius 2 is 1.85 bits per heavy atom. The van der Waals surface area contributed by atoms with Gasteiger partial charge in [0.25, 0.3) is 0 Å². The van der Waals surface area contributed by atoms with Crippen molar-refractivity contribution in [2.24, 2.45) is 5.92 Å². The summed E-state index contributed by atoms with van der Waals surface area (Å²) in [6.45, 7) is 3.35. The zero-order chi connectivity index (χ0) is 23.2. The summed E-state index contributed by atoms with van der Waals surface area (Å²) >= 11 is 0. The molecule has 0 bridgehead atoms. The second-order valence-corrected chi connectivity index (χ2v) is 8.20. The highest BCUT2D eigenvalue weighted by Gasteiger charge is 2.35. The van der Waals surface area contributed by atoms with Crippen LogP contribution in [0.3, 0.4) is 0 Å². The molecule has 1 aromatic heterocycles. The van der Waals surface area contributed by atoms with Crippen LogP contribution in [0.2, 0.25) is 0 Å². The Morgan fingerprint density at radius 3 is 2.52 bits per heavy atom. The first-order valence-corrected chi connectivity index (χ1v) is 11.2. The fraction of sp³-hybridized carbons (Fsp3) is 0.417. The minimum absolute atomic E-state index is 0.0262. The molecule has 9 nitrogen and oxygen atoms in total. The third-order valence-corrected chi connectivity index (χ3v) is 6.12. The van der Waals surface area contributed by atoms with E-state index in [-0.39, 0.29) is 37.1 Å². The van der Waals surface area contributed by atoms with E-state index in [9.17, 15) is 14.4 Å². The van der Waals surface area contributed by atoms with Gasteiger partial charge in [0.2, 0.25) is 17.7 Å². The molecule has 0 radical (unpaired) electrons. The Kier molecular flexibility index (Phi) is 7.07. The van der Waals surface area contributed by atoms with E-state index < -0.39 is 5.92 Å². The van der Waals surface area contributed by atoms with Crippen LogP contribution in [0.25, 0.3) is 0 Å². The van der Waals surface area contributed by atoms with Crippen LogP contribution in [-0.2, 0) is 14.4 Å². The lowest BCUT2D eigenvalue weighted by Gasteiger charge is -2.35. The van der Waals surface area contributed by atoms with Crippen LogP contribution in [0, 0.1) is 5.92 Å². The Bertz CT molecular complexity index is 974. The summed E-state index contributed by atoms with van der Waals surface area (Å²) in [6, 6.07) is 13.0. The molecule has 174 valence electrons. The number of aromatic nitrogens is 1. The van der Waals surface area contributed by atoms with E-state index in [1.54, 1.807) is 30.3 Å². The predicted octanol–water partition coefficient (Wildman–Crippen LogP) is 1.30. The molecule has 1 aromatic carbocycles. The Hall–Kier alpha value is -3.62. The molecule has 2 aliphatic rings. The predicted molar refractivity (Wildman–Crippen MR) is 124 cm³/mol. The minimum Gasteiger partial charge on any atom is -0.497 e. The Balaban J connectivity index is 1.19. The molecule has 0 spiro atoms. The molecule has 1 atom stereocenters. The molecule has 0 aliphatic carbocycles. The molecule has 9 heteroatoms. The standard InChI is InChI=1S/C24H29N5O4/c1-33-20-7-5-19(6-8-20)29-17-18(16-23(29)31)24(32)26-11-9-22(30)28-14-12-27(13-15-28)21-4-2-3-10-25-21/h2-8,10,18H,9,11-17H2,1H3,(H,26,32). The average molecular weight is 452 g/mol. The number of hydrogen-bond acceptors (Lipinski definition) is 6. The van der Waals surface area contributed by atoms with Gasteiger partial charge in [-0.1, -0.05) is 6.07 Å². The van der Waals surface area contributed by atoms with Crippen molar-refractivity contribution in [2.75, 3.05) is 56.2 Å². The van der Waals surface area contributed by atoms with Gasteiger partial charge in [-0.15, -0.1) is 0 Å². The second kappa shape index (κ2) is 10.3. The first-order valence-electron chi connectivity index (χ1n) is 11.2. The number of nitrogens with zero attached hydrogens (tertiary/aromatic N) is 4. The maximum atomic E-state index is 12.6. The van der Waals surface area contributed by atoms with Gasteiger partial charge in [0, 0.05) is 64.0 Å². The lowest BCUT2D eigenvalue weighted by molar-refractivity contribution is -0.131. The highest BCUT2D eigenvalue weighted by atomic mass is 16.5. The van der Waals surface area contributed by atoms with E-state index in [1.165, 1.54) is 0 Å². The van der Waals surface area contributed by atoms with E-state index in [0.717, 1.165) is 24.6 Å². The van der Waals surface area contributed by atoms with Crippen LogP contribution in [0.4, 0.5) is 11.5 Å². The number of carbonyl (C=O) groups is 3. The summed E-state index contributed by atoms with van der Waals surface area (Å²) in [4.78, 5) is 47.5. The maximum absolute atomic E-state index is 12.6. The molecule has 3 heterocycles. The minimum atomic E-state index is -0.420. The lowest BCUT2D eigenvalue weighted by atomic mass is 10.1. The molecular formula is C24H29N5O4. The molecule has 2 fully saturated rings. The summed E-state index contributed by atoms with van der Waals surface area (Å²) < 4.78 is 5.15. The van der Waals surface area contributed by atoms with E-state index in [2.05, 4.69) is 15.2 Å². The number of carbonyl (C=O) groups excluding carboxylic acids is 3. The number of methoxy groups -OCH3 is 1. The SMILES string of the molecule is COc1ccc(N2CC(C(=O)NCCC(=O)N3CCN(c4ccccn4)CC3)CC2=O)cc1. The van der Waals surface area contributed by atoms with Gasteiger partial charge in [-0.05, 0) is 36.4 Å². The number of nitrogens with one attached hydrogen (secondary N) is 1. The molecule has 1 N–H and O–H groups in total. The molecule has 3 amide bonds. The van der Waals surface area contributed by atoms with Crippen LogP contribution in [0.1, 0.15) is 12.8 Å². The van der Waals surface area contributed by atoms with E-state index >= 15 is 0 Å². The quantitative estimate of drug-likeness (QED) is 0.682. The molecule has 33 heavy (non-hydrogen) atoms. The van der Waals surface area contributed by atoms with Crippen LogP contribution in [0.15, 0.2) is 48.7 Å². The zero-order valence-corrected chi connectivity index (χ0v) is 18.8. The Labute approximate surface area is 193 Å². The molecule has 2 aliphatic heterocycles.